The molecule has 0 spiro atoms. The minimum Gasteiger partial charge on any atom is -0.497 e. The Labute approximate surface area is 130 Å². The molecule has 2 N–H and O–H groups in total. The molecule has 1 aromatic heterocycles. The van der Waals surface area contributed by atoms with E-state index in [1.165, 1.54) is 0 Å². The first-order valence-electron chi connectivity index (χ1n) is 7.17. The normalized spacial score (nSPS) is 10.5. The number of rotatable bonds is 8. The summed E-state index contributed by atoms with van der Waals surface area (Å²) in [6, 6.07) is 7.62. The lowest BCUT2D eigenvalue weighted by molar-refractivity contribution is 0.405. The zero-order valence-electron chi connectivity index (χ0n) is 13.2. The fraction of sp³-hybridized carbons (Fsp3) is 0.400. The van der Waals surface area contributed by atoms with Gasteiger partial charge in [0.2, 0.25) is 5.95 Å². The highest BCUT2D eigenvalue weighted by atomic mass is 16.5. The van der Waals surface area contributed by atoms with Crippen LogP contribution in [0.2, 0.25) is 0 Å². The highest BCUT2D eigenvalue weighted by Crippen LogP contribution is 2.18. The molecular weight excluding hydrogens is 280 g/mol. The van der Waals surface area contributed by atoms with E-state index in [9.17, 15) is 0 Å². The predicted molar refractivity (Wildman–Crippen MR) is 87.8 cm³/mol. The molecule has 0 unspecified atom stereocenters. The molecule has 0 atom stereocenters. The standard InChI is InChI=1S/C15H22N6O/c1-21(2)10-4-9-16-15-19-14(11-17-20-15)18-12-5-7-13(22-3)8-6-12/h5-8,11H,4,9-10H2,1-3H3,(H2,16,18,19,20). The largest absolute Gasteiger partial charge is 0.497 e. The second-order valence-corrected chi connectivity index (χ2v) is 5.10. The smallest absolute Gasteiger partial charge is 0.244 e. The van der Waals surface area contributed by atoms with Crippen LogP contribution < -0.4 is 15.4 Å². The molecule has 0 saturated carbocycles. The molecule has 7 heteroatoms. The van der Waals surface area contributed by atoms with Crippen molar-refractivity contribution in [2.45, 2.75) is 6.42 Å². The third kappa shape index (κ3) is 5.17. The minimum atomic E-state index is 0.525. The molecule has 0 aliphatic rings. The van der Waals surface area contributed by atoms with Crippen LogP contribution in [-0.4, -0.2) is 54.4 Å². The van der Waals surface area contributed by atoms with E-state index >= 15 is 0 Å². The van der Waals surface area contributed by atoms with Gasteiger partial charge >= 0.3 is 0 Å². The SMILES string of the molecule is COc1ccc(Nc2cnnc(NCCCN(C)C)n2)cc1. The van der Waals surface area contributed by atoms with Gasteiger partial charge in [0.15, 0.2) is 5.82 Å². The van der Waals surface area contributed by atoms with Crippen LogP contribution in [0.3, 0.4) is 0 Å². The molecule has 0 aliphatic heterocycles. The lowest BCUT2D eigenvalue weighted by atomic mass is 10.3. The van der Waals surface area contributed by atoms with Crippen LogP contribution in [0.25, 0.3) is 0 Å². The summed E-state index contributed by atoms with van der Waals surface area (Å²) in [5.41, 5.74) is 0.917. The van der Waals surface area contributed by atoms with E-state index in [1.807, 2.05) is 24.3 Å². The monoisotopic (exact) mass is 302 g/mol. The van der Waals surface area contributed by atoms with Crippen molar-refractivity contribution in [2.75, 3.05) is 44.9 Å². The number of anilines is 3. The van der Waals surface area contributed by atoms with Crippen LogP contribution in [0.1, 0.15) is 6.42 Å². The van der Waals surface area contributed by atoms with Crippen molar-refractivity contribution < 1.29 is 4.74 Å². The third-order valence-electron chi connectivity index (χ3n) is 2.99. The molecule has 7 nitrogen and oxygen atoms in total. The van der Waals surface area contributed by atoms with E-state index in [2.05, 4.69) is 44.8 Å². The van der Waals surface area contributed by atoms with Crippen LogP contribution >= 0.6 is 0 Å². The molecule has 118 valence electrons. The van der Waals surface area contributed by atoms with E-state index in [-0.39, 0.29) is 0 Å². The summed E-state index contributed by atoms with van der Waals surface area (Å²) in [5.74, 6) is 1.99. The van der Waals surface area contributed by atoms with Gasteiger partial charge in [0, 0.05) is 12.2 Å². The number of hydrogen-bond donors (Lipinski definition) is 2. The molecule has 1 heterocycles. The predicted octanol–water partition coefficient (Wildman–Crippen LogP) is 1.99. The summed E-state index contributed by atoms with van der Waals surface area (Å²) in [6.07, 6.45) is 2.61. The number of benzene rings is 1. The topological polar surface area (TPSA) is 75.2 Å². The van der Waals surface area contributed by atoms with Crippen LogP contribution in [0.4, 0.5) is 17.5 Å². The Morgan fingerprint density at radius 2 is 1.95 bits per heavy atom. The fourth-order valence-electron chi connectivity index (χ4n) is 1.86. The first-order chi connectivity index (χ1) is 10.7. The lowest BCUT2D eigenvalue weighted by Gasteiger charge is -2.10. The Bertz CT molecular complexity index is 573. The van der Waals surface area contributed by atoms with Gasteiger partial charge in [-0.3, -0.25) is 0 Å². The quantitative estimate of drug-likeness (QED) is 0.722. The van der Waals surface area contributed by atoms with Gasteiger partial charge < -0.3 is 20.3 Å². The highest BCUT2D eigenvalue weighted by Gasteiger charge is 2.01. The van der Waals surface area contributed by atoms with Crippen molar-refractivity contribution in [3.63, 3.8) is 0 Å². The molecule has 2 rings (SSSR count). The van der Waals surface area contributed by atoms with Gasteiger partial charge in [-0.05, 0) is 51.3 Å². The lowest BCUT2D eigenvalue weighted by Crippen LogP contribution is -2.17. The average molecular weight is 302 g/mol. The molecule has 1 aromatic carbocycles. The van der Waals surface area contributed by atoms with Crippen molar-refractivity contribution in [3.8, 4) is 5.75 Å². The van der Waals surface area contributed by atoms with Crippen molar-refractivity contribution in [1.29, 1.82) is 0 Å². The molecule has 0 fully saturated rings. The number of hydrogen-bond acceptors (Lipinski definition) is 7. The van der Waals surface area contributed by atoms with Crippen LogP contribution in [0.15, 0.2) is 30.5 Å². The number of ether oxygens (including phenoxy) is 1. The highest BCUT2D eigenvalue weighted by molar-refractivity contribution is 5.57. The number of nitrogens with zero attached hydrogens (tertiary/aromatic N) is 4. The fourth-order valence-corrected chi connectivity index (χ4v) is 1.86. The second kappa shape index (κ2) is 8.14. The molecule has 0 radical (unpaired) electrons. The molecule has 22 heavy (non-hydrogen) atoms. The zero-order chi connectivity index (χ0) is 15.8. The van der Waals surface area contributed by atoms with Gasteiger partial charge in [-0.25, -0.2) is 0 Å². The molecule has 2 aromatic rings. The summed E-state index contributed by atoms with van der Waals surface area (Å²) >= 11 is 0. The average Bonchev–Trinajstić information content (AvgIpc) is 2.52. The van der Waals surface area contributed by atoms with Crippen LogP contribution in [0, 0.1) is 0 Å². The van der Waals surface area contributed by atoms with Gasteiger partial charge in [-0.2, -0.15) is 10.1 Å². The van der Waals surface area contributed by atoms with Crippen molar-refractivity contribution >= 4 is 17.5 Å². The Hall–Kier alpha value is -2.41. The van der Waals surface area contributed by atoms with Crippen molar-refractivity contribution in [3.05, 3.63) is 30.5 Å². The van der Waals surface area contributed by atoms with Crippen LogP contribution in [0.5, 0.6) is 5.75 Å². The van der Waals surface area contributed by atoms with Crippen molar-refractivity contribution in [1.82, 2.24) is 20.1 Å². The van der Waals surface area contributed by atoms with Gasteiger partial charge in [-0.15, -0.1) is 5.10 Å². The van der Waals surface area contributed by atoms with Gasteiger partial charge in [0.05, 0.1) is 13.3 Å². The zero-order valence-corrected chi connectivity index (χ0v) is 13.2. The van der Waals surface area contributed by atoms with E-state index in [0.717, 1.165) is 30.9 Å². The Morgan fingerprint density at radius 3 is 2.64 bits per heavy atom. The molecule has 0 bridgehead atoms. The van der Waals surface area contributed by atoms with E-state index in [4.69, 9.17) is 4.74 Å². The van der Waals surface area contributed by atoms with E-state index in [0.29, 0.717) is 11.8 Å². The maximum absolute atomic E-state index is 5.13. The number of methoxy groups -OCH3 is 1. The first kappa shape index (κ1) is 16.0. The summed E-state index contributed by atoms with van der Waals surface area (Å²) in [7, 11) is 5.75. The number of nitrogens with one attached hydrogen (secondary N) is 2. The molecular formula is C15H22N6O. The molecule has 0 amide bonds. The van der Waals surface area contributed by atoms with Crippen LogP contribution in [-0.2, 0) is 0 Å². The minimum absolute atomic E-state index is 0.525. The Morgan fingerprint density at radius 1 is 1.18 bits per heavy atom. The molecule has 0 aliphatic carbocycles. The van der Waals surface area contributed by atoms with Gasteiger partial charge in [0.25, 0.3) is 0 Å². The third-order valence-corrected chi connectivity index (χ3v) is 2.99. The Balaban J connectivity index is 1.90. The van der Waals surface area contributed by atoms with Crippen molar-refractivity contribution in [2.24, 2.45) is 0 Å². The van der Waals surface area contributed by atoms with E-state index in [1.54, 1.807) is 13.3 Å². The Kier molecular flexibility index (Phi) is 5.91. The van der Waals surface area contributed by atoms with Gasteiger partial charge in [-0.1, -0.05) is 0 Å². The summed E-state index contributed by atoms with van der Waals surface area (Å²) in [6.45, 7) is 1.83. The maximum atomic E-state index is 5.13. The second-order valence-electron chi connectivity index (χ2n) is 5.10. The summed E-state index contributed by atoms with van der Waals surface area (Å²) in [4.78, 5) is 6.53. The van der Waals surface area contributed by atoms with Gasteiger partial charge in [0.1, 0.15) is 5.75 Å². The van der Waals surface area contributed by atoms with E-state index < -0.39 is 0 Å². The first-order valence-corrected chi connectivity index (χ1v) is 7.17. The summed E-state index contributed by atoms with van der Waals surface area (Å²) < 4.78 is 5.13. The number of aromatic nitrogens is 3. The maximum Gasteiger partial charge on any atom is 0.244 e. The summed E-state index contributed by atoms with van der Waals surface area (Å²) in [5, 5.41) is 14.3. The molecule has 0 saturated heterocycles.